The van der Waals surface area contributed by atoms with E-state index in [4.69, 9.17) is 27.9 Å². The summed E-state index contributed by atoms with van der Waals surface area (Å²) in [7, 11) is 0. The summed E-state index contributed by atoms with van der Waals surface area (Å²) >= 11 is 12.8. The molecule has 140 valence electrons. The Morgan fingerprint density at radius 2 is 1.96 bits per heavy atom. The van der Waals surface area contributed by atoms with Gasteiger partial charge >= 0.3 is 5.97 Å². The van der Waals surface area contributed by atoms with Crippen LogP contribution in [0.2, 0.25) is 10.3 Å². The highest BCUT2D eigenvalue weighted by atomic mass is 35.5. The lowest BCUT2D eigenvalue weighted by Gasteiger charge is -2.09. The first-order valence-corrected chi connectivity index (χ1v) is 8.72. The molecule has 0 radical (unpaired) electrons. The fourth-order valence-corrected chi connectivity index (χ4v) is 3.22. The Hall–Kier alpha value is -2.71. The Kier molecular flexibility index (Phi) is 5.29. The quantitative estimate of drug-likeness (QED) is 0.273. The number of benzene rings is 1. The molecule has 0 aliphatic carbocycles. The summed E-state index contributed by atoms with van der Waals surface area (Å²) in [5, 5.41) is 15.4. The van der Waals surface area contributed by atoms with Crippen LogP contribution in [0.5, 0.6) is 0 Å². The zero-order chi connectivity index (χ0) is 19.7. The minimum atomic E-state index is -0.548. The van der Waals surface area contributed by atoms with Gasteiger partial charge in [0.15, 0.2) is 5.65 Å². The Bertz CT molecular complexity index is 1050. The normalized spacial score (nSPS) is 11.0. The van der Waals surface area contributed by atoms with Gasteiger partial charge in [0.25, 0.3) is 5.69 Å². The van der Waals surface area contributed by atoms with E-state index in [9.17, 15) is 14.9 Å². The summed E-state index contributed by atoms with van der Waals surface area (Å²) in [5.41, 5.74) is 2.10. The van der Waals surface area contributed by atoms with Gasteiger partial charge in [-0.2, -0.15) is 5.10 Å². The van der Waals surface area contributed by atoms with Crippen molar-refractivity contribution in [3.8, 4) is 0 Å². The van der Waals surface area contributed by atoms with Crippen LogP contribution in [-0.2, 0) is 11.2 Å². The first-order valence-electron chi connectivity index (χ1n) is 7.97. The van der Waals surface area contributed by atoms with E-state index >= 15 is 0 Å². The van der Waals surface area contributed by atoms with Gasteiger partial charge in [0.1, 0.15) is 15.9 Å². The molecule has 0 aliphatic heterocycles. The average Bonchev–Trinajstić information content (AvgIpc) is 2.95. The van der Waals surface area contributed by atoms with Crippen LogP contribution in [0.15, 0.2) is 24.3 Å². The lowest BCUT2D eigenvalue weighted by molar-refractivity contribution is -0.384. The standard InChI is InChI=1S/C17H14Cl2N4O4/c1-3-27-17(24)13-9(2)21-22-15(19)12(14(18)20-16(13)22)8-10-4-6-11(7-5-10)23(25)26/h4-7H,3,8H2,1-2H3. The number of hydrogen-bond acceptors (Lipinski definition) is 6. The molecule has 0 spiro atoms. The smallest absolute Gasteiger partial charge is 0.343 e. The summed E-state index contributed by atoms with van der Waals surface area (Å²) in [5.74, 6) is -0.548. The molecule has 0 amide bonds. The molecule has 0 atom stereocenters. The van der Waals surface area contributed by atoms with Gasteiger partial charge in [-0.25, -0.2) is 14.3 Å². The molecule has 2 heterocycles. The van der Waals surface area contributed by atoms with Crippen LogP contribution in [-0.4, -0.2) is 32.1 Å². The zero-order valence-corrected chi connectivity index (χ0v) is 15.9. The highest BCUT2D eigenvalue weighted by molar-refractivity contribution is 6.35. The molecule has 10 heteroatoms. The maximum Gasteiger partial charge on any atom is 0.343 e. The second-order valence-electron chi connectivity index (χ2n) is 5.69. The Labute approximate surface area is 163 Å². The summed E-state index contributed by atoms with van der Waals surface area (Å²) in [6.07, 6.45) is 0.298. The number of carbonyl (C=O) groups excluding carboxylic acids is 1. The molecule has 3 rings (SSSR count). The molecule has 0 saturated carbocycles. The second kappa shape index (κ2) is 7.50. The van der Waals surface area contributed by atoms with Crippen molar-refractivity contribution in [2.24, 2.45) is 0 Å². The van der Waals surface area contributed by atoms with Crippen molar-refractivity contribution in [2.45, 2.75) is 20.3 Å². The van der Waals surface area contributed by atoms with Crippen molar-refractivity contribution >= 4 is 40.5 Å². The van der Waals surface area contributed by atoms with Crippen molar-refractivity contribution in [3.63, 3.8) is 0 Å². The summed E-state index contributed by atoms with van der Waals surface area (Å²) in [6.45, 7) is 3.57. The van der Waals surface area contributed by atoms with Gasteiger partial charge in [0, 0.05) is 24.1 Å². The minimum absolute atomic E-state index is 0.00806. The maximum atomic E-state index is 12.2. The molecule has 0 aliphatic rings. The molecule has 0 saturated heterocycles. The van der Waals surface area contributed by atoms with E-state index in [0.29, 0.717) is 17.7 Å². The van der Waals surface area contributed by atoms with Gasteiger partial charge in [-0.05, 0) is 19.4 Å². The van der Waals surface area contributed by atoms with Gasteiger partial charge in [0.05, 0.1) is 17.2 Å². The van der Waals surface area contributed by atoms with Crippen LogP contribution in [0, 0.1) is 17.0 Å². The van der Waals surface area contributed by atoms with E-state index in [2.05, 4.69) is 10.1 Å². The van der Waals surface area contributed by atoms with E-state index in [1.165, 1.54) is 16.6 Å². The molecule has 8 nitrogen and oxygen atoms in total. The van der Waals surface area contributed by atoms with Crippen molar-refractivity contribution < 1.29 is 14.5 Å². The fourth-order valence-electron chi connectivity index (χ4n) is 2.66. The topological polar surface area (TPSA) is 99.6 Å². The number of nitro benzene ring substituents is 1. The Balaban J connectivity index is 2.05. The van der Waals surface area contributed by atoms with Crippen molar-refractivity contribution in [1.29, 1.82) is 0 Å². The van der Waals surface area contributed by atoms with E-state index in [0.717, 1.165) is 5.56 Å². The molecular weight excluding hydrogens is 395 g/mol. The van der Waals surface area contributed by atoms with Crippen LogP contribution in [0.1, 0.15) is 34.1 Å². The van der Waals surface area contributed by atoms with Crippen LogP contribution >= 0.6 is 23.2 Å². The van der Waals surface area contributed by atoms with Crippen LogP contribution in [0.4, 0.5) is 5.69 Å². The highest BCUT2D eigenvalue weighted by Crippen LogP contribution is 2.29. The summed E-state index contributed by atoms with van der Waals surface area (Å²) in [4.78, 5) is 26.7. The number of rotatable bonds is 5. The second-order valence-corrected chi connectivity index (χ2v) is 6.40. The van der Waals surface area contributed by atoms with Gasteiger partial charge in [0.2, 0.25) is 0 Å². The number of nitrogens with zero attached hydrogens (tertiary/aromatic N) is 4. The third-order valence-corrected chi connectivity index (χ3v) is 4.63. The van der Waals surface area contributed by atoms with Crippen LogP contribution < -0.4 is 0 Å². The number of hydrogen-bond donors (Lipinski definition) is 0. The number of ether oxygens (including phenoxy) is 1. The highest BCUT2D eigenvalue weighted by Gasteiger charge is 2.24. The molecule has 0 fully saturated rings. The van der Waals surface area contributed by atoms with Gasteiger partial charge < -0.3 is 4.74 Å². The predicted molar refractivity (Wildman–Crippen MR) is 99.6 cm³/mol. The third-order valence-electron chi connectivity index (χ3n) is 3.93. The van der Waals surface area contributed by atoms with Gasteiger partial charge in [-0.3, -0.25) is 10.1 Å². The number of fused-ring (bicyclic) bond motifs is 1. The molecule has 27 heavy (non-hydrogen) atoms. The lowest BCUT2D eigenvalue weighted by Crippen LogP contribution is -2.07. The molecular formula is C17H14Cl2N4O4. The minimum Gasteiger partial charge on any atom is -0.462 e. The van der Waals surface area contributed by atoms with E-state index in [1.54, 1.807) is 26.0 Å². The monoisotopic (exact) mass is 408 g/mol. The molecule has 3 aromatic rings. The number of carbonyl (C=O) groups is 1. The number of esters is 1. The molecule has 1 aromatic carbocycles. The van der Waals surface area contributed by atoms with Gasteiger partial charge in [-0.15, -0.1) is 0 Å². The number of aryl methyl sites for hydroxylation is 1. The Morgan fingerprint density at radius 3 is 2.56 bits per heavy atom. The SMILES string of the molecule is CCOC(=O)c1c(C)nn2c(Cl)c(Cc3ccc([N+](=O)[O-])cc3)c(Cl)nc12. The lowest BCUT2D eigenvalue weighted by atomic mass is 10.1. The average molecular weight is 409 g/mol. The zero-order valence-electron chi connectivity index (χ0n) is 14.4. The number of non-ortho nitro benzene ring substituents is 1. The van der Waals surface area contributed by atoms with Crippen molar-refractivity contribution in [3.05, 3.63) is 67.1 Å². The number of nitro groups is 1. The fraction of sp³-hybridized carbons (Fsp3) is 0.235. The summed E-state index contributed by atoms with van der Waals surface area (Å²) < 4.78 is 6.38. The molecule has 2 aromatic heterocycles. The molecule has 0 bridgehead atoms. The van der Waals surface area contributed by atoms with E-state index in [1.807, 2.05) is 0 Å². The van der Waals surface area contributed by atoms with Crippen LogP contribution in [0.25, 0.3) is 5.65 Å². The molecule has 0 N–H and O–H groups in total. The predicted octanol–water partition coefficient (Wildman–Crippen LogP) is 4.02. The third kappa shape index (κ3) is 3.58. The first-order chi connectivity index (χ1) is 12.8. The largest absolute Gasteiger partial charge is 0.462 e. The van der Waals surface area contributed by atoms with E-state index < -0.39 is 10.9 Å². The van der Waals surface area contributed by atoms with Crippen molar-refractivity contribution in [1.82, 2.24) is 14.6 Å². The Morgan fingerprint density at radius 1 is 1.30 bits per heavy atom. The van der Waals surface area contributed by atoms with Crippen molar-refractivity contribution in [2.75, 3.05) is 6.61 Å². The van der Waals surface area contributed by atoms with E-state index in [-0.39, 0.29) is 33.8 Å². The summed E-state index contributed by atoms with van der Waals surface area (Å²) in [6, 6.07) is 6.04. The number of halogens is 2. The number of aromatic nitrogens is 3. The first kappa shape index (κ1) is 19.1. The van der Waals surface area contributed by atoms with Crippen LogP contribution in [0.3, 0.4) is 0 Å². The van der Waals surface area contributed by atoms with Gasteiger partial charge in [-0.1, -0.05) is 35.3 Å². The maximum absolute atomic E-state index is 12.2. The molecule has 0 unspecified atom stereocenters.